The fourth-order valence-corrected chi connectivity index (χ4v) is 4.36. The molecule has 30 heavy (non-hydrogen) atoms. The standard InChI is InChI=1S/C21H22F2N6O/c22-14-5-6-16(23)15(12-14)18-4-3-10-28(18)19-7-11-29-20(26-19)17(13-24-29)25-21(30)27-8-1-2-9-27/h5-7,11-13,18H,1-4,8-10H2,(H,25,30)/t18-/m1/s1. The number of hydrogen-bond acceptors (Lipinski definition) is 4. The second-order valence-electron chi connectivity index (χ2n) is 7.75. The van der Waals surface area contributed by atoms with E-state index in [-0.39, 0.29) is 12.1 Å². The average molecular weight is 412 g/mol. The zero-order chi connectivity index (χ0) is 20.7. The molecule has 1 atom stereocenters. The molecule has 0 saturated carbocycles. The topological polar surface area (TPSA) is 65.8 Å². The van der Waals surface area contributed by atoms with Gasteiger partial charge < -0.3 is 15.1 Å². The highest BCUT2D eigenvalue weighted by Gasteiger charge is 2.30. The summed E-state index contributed by atoms with van der Waals surface area (Å²) in [6.07, 6.45) is 6.93. The van der Waals surface area contributed by atoms with Gasteiger partial charge in [0.05, 0.1) is 12.2 Å². The molecule has 9 heteroatoms. The van der Waals surface area contributed by atoms with Gasteiger partial charge in [0, 0.05) is 31.4 Å². The highest BCUT2D eigenvalue weighted by Crippen LogP contribution is 2.37. The van der Waals surface area contributed by atoms with Crippen LogP contribution in [0.1, 0.15) is 37.3 Å². The zero-order valence-electron chi connectivity index (χ0n) is 16.4. The summed E-state index contributed by atoms with van der Waals surface area (Å²) in [6.45, 7) is 2.18. The summed E-state index contributed by atoms with van der Waals surface area (Å²) in [5, 5.41) is 7.16. The van der Waals surface area contributed by atoms with E-state index in [4.69, 9.17) is 4.98 Å². The smallest absolute Gasteiger partial charge is 0.321 e. The van der Waals surface area contributed by atoms with Crippen LogP contribution in [0.5, 0.6) is 0 Å². The zero-order valence-corrected chi connectivity index (χ0v) is 16.4. The van der Waals surface area contributed by atoms with Crippen molar-refractivity contribution in [1.29, 1.82) is 0 Å². The highest BCUT2D eigenvalue weighted by atomic mass is 19.1. The van der Waals surface area contributed by atoms with Crippen molar-refractivity contribution in [3.05, 3.63) is 53.9 Å². The number of halogens is 2. The summed E-state index contributed by atoms with van der Waals surface area (Å²) in [5.74, 6) is -0.229. The average Bonchev–Trinajstić information content (AvgIpc) is 3.50. The first kappa shape index (κ1) is 18.8. The molecule has 156 valence electrons. The Morgan fingerprint density at radius 1 is 1.10 bits per heavy atom. The molecule has 2 aliphatic rings. The Labute approximate surface area is 172 Å². The third-order valence-electron chi connectivity index (χ3n) is 5.85. The maximum atomic E-state index is 14.4. The van der Waals surface area contributed by atoms with Crippen LogP contribution in [0.15, 0.2) is 36.7 Å². The maximum Gasteiger partial charge on any atom is 0.321 e. The number of rotatable bonds is 3. The molecule has 0 aliphatic carbocycles. The Kier molecular flexibility index (Phi) is 4.72. The van der Waals surface area contributed by atoms with Crippen LogP contribution in [0.4, 0.5) is 25.1 Å². The molecule has 2 amide bonds. The number of nitrogens with zero attached hydrogens (tertiary/aromatic N) is 5. The normalized spacial score (nSPS) is 19.1. The van der Waals surface area contributed by atoms with Crippen molar-refractivity contribution in [3.8, 4) is 0 Å². The molecule has 7 nitrogen and oxygen atoms in total. The number of benzene rings is 1. The SMILES string of the molecule is O=C(Nc1cnn2ccc(N3CCC[C@@H]3c3cc(F)ccc3F)nc12)N1CCCC1. The number of carbonyl (C=O) groups excluding carboxylic acids is 1. The first-order valence-corrected chi connectivity index (χ1v) is 10.2. The maximum absolute atomic E-state index is 14.4. The molecule has 0 bridgehead atoms. The van der Waals surface area contributed by atoms with Gasteiger partial charge in [0.15, 0.2) is 5.65 Å². The van der Waals surface area contributed by atoms with E-state index in [0.29, 0.717) is 35.7 Å². The predicted octanol–water partition coefficient (Wildman–Crippen LogP) is 3.98. The number of fused-ring (bicyclic) bond motifs is 1. The number of aromatic nitrogens is 3. The van der Waals surface area contributed by atoms with Gasteiger partial charge in [-0.2, -0.15) is 5.10 Å². The Morgan fingerprint density at radius 3 is 2.77 bits per heavy atom. The van der Waals surface area contributed by atoms with E-state index in [1.807, 2.05) is 11.0 Å². The van der Waals surface area contributed by atoms with Gasteiger partial charge in [-0.1, -0.05) is 0 Å². The van der Waals surface area contributed by atoms with E-state index < -0.39 is 11.6 Å². The quantitative estimate of drug-likeness (QED) is 0.707. The highest BCUT2D eigenvalue weighted by molar-refractivity contribution is 5.93. The number of hydrogen-bond donors (Lipinski definition) is 1. The van der Waals surface area contributed by atoms with Crippen LogP contribution in [0, 0.1) is 11.6 Å². The second kappa shape index (κ2) is 7.55. The van der Waals surface area contributed by atoms with Gasteiger partial charge in [-0.15, -0.1) is 0 Å². The van der Waals surface area contributed by atoms with Gasteiger partial charge in [-0.05, 0) is 49.9 Å². The molecular formula is C21H22F2N6O. The van der Waals surface area contributed by atoms with Crippen molar-refractivity contribution in [3.63, 3.8) is 0 Å². The van der Waals surface area contributed by atoms with Gasteiger partial charge >= 0.3 is 6.03 Å². The van der Waals surface area contributed by atoms with Crippen LogP contribution in [0.3, 0.4) is 0 Å². The number of carbonyl (C=O) groups is 1. The second-order valence-corrected chi connectivity index (χ2v) is 7.75. The number of urea groups is 1. The number of nitrogens with one attached hydrogen (secondary N) is 1. The molecule has 0 radical (unpaired) electrons. The van der Waals surface area contributed by atoms with Crippen molar-refractivity contribution >= 4 is 23.2 Å². The predicted molar refractivity (Wildman–Crippen MR) is 108 cm³/mol. The van der Waals surface area contributed by atoms with Crippen molar-refractivity contribution in [1.82, 2.24) is 19.5 Å². The minimum atomic E-state index is -0.454. The number of anilines is 2. The molecule has 0 unspecified atom stereocenters. The molecule has 1 N–H and O–H groups in total. The minimum Gasteiger partial charge on any atom is -0.349 e. The van der Waals surface area contributed by atoms with Crippen LogP contribution in [-0.2, 0) is 0 Å². The first-order chi connectivity index (χ1) is 14.6. The van der Waals surface area contributed by atoms with E-state index >= 15 is 0 Å². The van der Waals surface area contributed by atoms with E-state index in [0.717, 1.165) is 38.4 Å². The van der Waals surface area contributed by atoms with Gasteiger partial charge in [0.2, 0.25) is 0 Å². The Morgan fingerprint density at radius 2 is 1.93 bits per heavy atom. The summed E-state index contributed by atoms with van der Waals surface area (Å²) < 4.78 is 29.7. The van der Waals surface area contributed by atoms with E-state index in [2.05, 4.69) is 10.4 Å². The Hall–Kier alpha value is -3.23. The monoisotopic (exact) mass is 412 g/mol. The van der Waals surface area contributed by atoms with Crippen LogP contribution in [0.25, 0.3) is 5.65 Å². The van der Waals surface area contributed by atoms with Crippen LogP contribution >= 0.6 is 0 Å². The van der Waals surface area contributed by atoms with Crippen LogP contribution < -0.4 is 10.2 Å². The lowest BCUT2D eigenvalue weighted by molar-refractivity contribution is 0.222. The summed E-state index contributed by atoms with van der Waals surface area (Å²) in [5.41, 5.74) is 1.39. The molecule has 0 spiro atoms. The van der Waals surface area contributed by atoms with Gasteiger partial charge in [0.1, 0.15) is 23.1 Å². The molecule has 5 rings (SSSR count). The number of amides is 2. The van der Waals surface area contributed by atoms with E-state index in [1.54, 1.807) is 21.8 Å². The van der Waals surface area contributed by atoms with Crippen LogP contribution in [0.2, 0.25) is 0 Å². The van der Waals surface area contributed by atoms with Gasteiger partial charge in [-0.3, -0.25) is 0 Å². The lowest BCUT2D eigenvalue weighted by Gasteiger charge is -2.26. The minimum absolute atomic E-state index is 0.157. The molecule has 4 heterocycles. The molecule has 2 saturated heterocycles. The molecule has 3 aromatic rings. The molecule has 2 aromatic heterocycles. The lowest BCUT2D eigenvalue weighted by atomic mass is 10.0. The molecular weight excluding hydrogens is 390 g/mol. The third-order valence-corrected chi connectivity index (χ3v) is 5.85. The summed E-state index contributed by atoms with van der Waals surface area (Å²) in [6, 6.07) is 4.92. The largest absolute Gasteiger partial charge is 0.349 e. The lowest BCUT2D eigenvalue weighted by Crippen LogP contribution is -2.32. The van der Waals surface area contributed by atoms with E-state index in [1.165, 1.54) is 12.1 Å². The number of likely N-dealkylation sites (tertiary alicyclic amines) is 1. The molecule has 2 aliphatic heterocycles. The Balaban J connectivity index is 1.45. The summed E-state index contributed by atoms with van der Waals surface area (Å²) in [7, 11) is 0. The van der Waals surface area contributed by atoms with Crippen molar-refractivity contribution in [2.75, 3.05) is 29.9 Å². The fraction of sp³-hybridized carbons (Fsp3) is 0.381. The van der Waals surface area contributed by atoms with Crippen molar-refractivity contribution < 1.29 is 13.6 Å². The van der Waals surface area contributed by atoms with Gasteiger partial charge in [-0.25, -0.2) is 23.1 Å². The third kappa shape index (κ3) is 3.34. The summed E-state index contributed by atoms with van der Waals surface area (Å²) >= 11 is 0. The first-order valence-electron chi connectivity index (χ1n) is 10.2. The van der Waals surface area contributed by atoms with Gasteiger partial charge in [0.25, 0.3) is 0 Å². The molecule has 2 fully saturated rings. The van der Waals surface area contributed by atoms with Crippen LogP contribution in [-0.4, -0.2) is 45.2 Å². The summed E-state index contributed by atoms with van der Waals surface area (Å²) in [4.78, 5) is 20.9. The fourth-order valence-electron chi connectivity index (χ4n) is 4.36. The van der Waals surface area contributed by atoms with Crippen molar-refractivity contribution in [2.45, 2.75) is 31.7 Å². The van der Waals surface area contributed by atoms with Crippen molar-refractivity contribution in [2.24, 2.45) is 0 Å². The molecule has 1 aromatic carbocycles. The van der Waals surface area contributed by atoms with E-state index in [9.17, 15) is 13.6 Å². The Bertz CT molecular complexity index is 1090.